The fraction of sp³-hybridized carbons (Fsp3) is 0.500. The van der Waals surface area contributed by atoms with Gasteiger partial charge in [-0.05, 0) is 48.3 Å². The molecule has 0 aliphatic carbocycles. The number of fused-ring (bicyclic) bond motifs is 1. The summed E-state index contributed by atoms with van der Waals surface area (Å²) in [4.78, 5) is 2.41. The van der Waals surface area contributed by atoms with E-state index >= 15 is 0 Å². The first kappa shape index (κ1) is 18.4. The summed E-state index contributed by atoms with van der Waals surface area (Å²) in [5, 5.41) is 13.1. The minimum Gasteiger partial charge on any atom is -0.387 e. The Labute approximate surface area is 148 Å². The smallest absolute Gasteiger partial charge is 0.0922 e. The van der Waals surface area contributed by atoms with Crippen LogP contribution in [0.15, 0.2) is 40.9 Å². The number of nitrogens with zero attached hydrogens (tertiary/aromatic N) is 1. The van der Waals surface area contributed by atoms with Gasteiger partial charge in [-0.15, -0.1) is 0 Å². The maximum atomic E-state index is 10.8. The predicted molar refractivity (Wildman–Crippen MR) is 103 cm³/mol. The van der Waals surface area contributed by atoms with E-state index in [2.05, 4.69) is 52.9 Å². The first-order valence-corrected chi connectivity index (χ1v) is 9.54. The van der Waals surface area contributed by atoms with E-state index in [0.717, 1.165) is 33.9 Å². The fourth-order valence-electron chi connectivity index (χ4n) is 2.98. The Balaban J connectivity index is 2.18. The van der Waals surface area contributed by atoms with Gasteiger partial charge in [0.2, 0.25) is 0 Å². The van der Waals surface area contributed by atoms with Crippen molar-refractivity contribution in [2.24, 2.45) is 0 Å². The molecule has 2 aromatic carbocycles. The zero-order valence-corrected chi connectivity index (χ0v) is 15.8. The second-order valence-corrected chi connectivity index (χ2v) is 7.06. The molecule has 0 saturated carbocycles. The van der Waals surface area contributed by atoms with Crippen LogP contribution in [0.25, 0.3) is 10.8 Å². The molecule has 0 spiro atoms. The Kier molecular flexibility index (Phi) is 7.54. The van der Waals surface area contributed by atoms with Gasteiger partial charge in [0.1, 0.15) is 0 Å². The number of rotatable bonds is 9. The highest BCUT2D eigenvalue weighted by Crippen LogP contribution is 2.30. The highest BCUT2D eigenvalue weighted by atomic mass is 79.9. The first-order valence-electron chi connectivity index (χ1n) is 8.75. The second kappa shape index (κ2) is 9.41. The van der Waals surface area contributed by atoms with Crippen LogP contribution in [-0.2, 0) is 0 Å². The third-order valence-electron chi connectivity index (χ3n) is 4.35. The molecule has 0 aromatic heterocycles. The van der Waals surface area contributed by atoms with E-state index in [-0.39, 0.29) is 0 Å². The van der Waals surface area contributed by atoms with Crippen molar-refractivity contribution in [2.45, 2.75) is 45.6 Å². The van der Waals surface area contributed by atoms with Gasteiger partial charge in [-0.3, -0.25) is 0 Å². The van der Waals surface area contributed by atoms with Crippen LogP contribution < -0.4 is 0 Å². The summed E-state index contributed by atoms with van der Waals surface area (Å²) in [5.74, 6) is 0. The van der Waals surface area contributed by atoms with Gasteiger partial charge in [-0.2, -0.15) is 0 Å². The van der Waals surface area contributed by atoms with Gasteiger partial charge >= 0.3 is 0 Å². The van der Waals surface area contributed by atoms with E-state index < -0.39 is 6.10 Å². The number of halogens is 1. The van der Waals surface area contributed by atoms with Crippen molar-refractivity contribution in [3.63, 3.8) is 0 Å². The lowest BCUT2D eigenvalue weighted by molar-refractivity contribution is 0.112. The highest BCUT2D eigenvalue weighted by molar-refractivity contribution is 9.10. The van der Waals surface area contributed by atoms with Crippen LogP contribution >= 0.6 is 15.9 Å². The molecular weight excluding hydrogens is 350 g/mol. The monoisotopic (exact) mass is 377 g/mol. The summed E-state index contributed by atoms with van der Waals surface area (Å²) in [6.07, 6.45) is 4.33. The summed E-state index contributed by atoms with van der Waals surface area (Å²) in [7, 11) is 0. The number of hydrogen-bond acceptors (Lipinski definition) is 2. The van der Waals surface area contributed by atoms with Crippen LogP contribution in [0.2, 0.25) is 0 Å². The van der Waals surface area contributed by atoms with Crippen LogP contribution in [0.4, 0.5) is 0 Å². The Morgan fingerprint density at radius 2 is 1.57 bits per heavy atom. The maximum absolute atomic E-state index is 10.8. The van der Waals surface area contributed by atoms with Crippen molar-refractivity contribution in [1.29, 1.82) is 0 Å². The maximum Gasteiger partial charge on any atom is 0.0922 e. The largest absolute Gasteiger partial charge is 0.387 e. The van der Waals surface area contributed by atoms with Gasteiger partial charge in [-0.25, -0.2) is 0 Å². The van der Waals surface area contributed by atoms with Gasteiger partial charge in [0.25, 0.3) is 0 Å². The van der Waals surface area contributed by atoms with Crippen LogP contribution in [0.3, 0.4) is 0 Å². The summed E-state index contributed by atoms with van der Waals surface area (Å²) in [6.45, 7) is 7.29. The molecule has 0 amide bonds. The summed E-state index contributed by atoms with van der Waals surface area (Å²) < 4.78 is 1.08. The molecule has 0 radical (unpaired) electrons. The molecule has 126 valence electrons. The molecule has 0 heterocycles. The quantitative estimate of drug-likeness (QED) is 0.620. The van der Waals surface area contributed by atoms with E-state index in [9.17, 15) is 5.11 Å². The van der Waals surface area contributed by atoms with E-state index in [1.165, 1.54) is 25.7 Å². The fourth-order valence-corrected chi connectivity index (χ4v) is 3.45. The van der Waals surface area contributed by atoms with Crippen molar-refractivity contribution < 1.29 is 5.11 Å². The van der Waals surface area contributed by atoms with Crippen molar-refractivity contribution >= 4 is 26.7 Å². The number of aliphatic hydroxyl groups is 1. The number of unbranched alkanes of at least 4 members (excludes halogenated alkanes) is 2. The Bertz CT molecular complexity index is 606. The molecule has 2 rings (SSSR count). The van der Waals surface area contributed by atoms with E-state index in [1.54, 1.807) is 0 Å². The van der Waals surface area contributed by atoms with Gasteiger partial charge in [-0.1, -0.05) is 73.0 Å². The zero-order chi connectivity index (χ0) is 16.7. The van der Waals surface area contributed by atoms with Crippen molar-refractivity contribution in [1.82, 2.24) is 4.90 Å². The van der Waals surface area contributed by atoms with E-state index in [4.69, 9.17) is 0 Å². The molecule has 2 nitrogen and oxygen atoms in total. The summed E-state index contributed by atoms with van der Waals surface area (Å²) in [5.41, 5.74) is 1.03. The summed E-state index contributed by atoms with van der Waals surface area (Å²) in [6, 6.07) is 12.4. The molecular formula is C20H28BrNO. The van der Waals surface area contributed by atoms with Crippen molar-refractivity contribution in [3.05, 3.63) is 46.4 Å². The van der Waals surface area contributed by atoms with E-state index in [1.807, 2.05) is 18.2 Å². The van der Waals surface area contributed by atoms with Crippen LogP contribution in [0.1, 0.15) is 51.2 Å². The number of benzene rings is 2. The van der Waals surface area contributed by atoms with E-state index in [0.29, 0.717) is 6.54 Å². The van der Waals surface area contributed by atoms with Crippen LogP contribution in [0, 0.1) is 0 Å². The molecule has 0 saturated heterocycles. The Morgan fingerprint density at radius 3 is 2.17 bits per heavy atom. The molecule has 23 heavy (non-hydrogen) atoms. The number of aliphatic hydroxyl groups excluding tert-OH is 1. The third-order valence-corrected chi connectivity index (χ3v) is 5.04. The van der Waals surface area contributed by atoms with Gasteiger partial charge in [0.05, 0.1) is 6.10 Å². The lowest BCUT2D eigenvalue weighted by atomic mass is 10.00. The number of hydrogen-bond donors (Lipinski definition) is 1. The molecule has 0 fully saturated rings. The Morgan fingerprint density at radius 1 is 0.957 bits per heavy atom. The minimum atomic E-state index is -0.443. The van der Waals surface area contributed by atoms with Gasteiger partial charge < -0.3 is 10.0 Å². The minimum absolute atomic E-state index is 0.443. The van der Waals surface area contributed by atoms with Crippen LogP contribution in [-0.4, -0.2) is 29.6 Å². The first-order chi connectivity index (χ1) is 11.2. The molecule has 1 N–H and O–H groups in total. The molecule has 3 heteroatoms. The summed E-state index contributed by atoms with van der Waals surface area (Å²) >= 11 is 3.61. The SMILES string of the molecule is CCCCN(CCCC)C[C@H](O)c1ccc(Br)c2ccccc12. The lowest BCUT2D eigenvalue weighted by Gasteiger charge is -2.25. The normalized spacial score (nSPS) is 12.9. The predicted octanol–water partition coefficient (Wildman–Crippen LogP) is 5.54. The standard InChI is InChI=1S/C20H28BrNO/c1-3-5-13-22(14-6-4-2)15-20(23)18-11-12-19(21)17-10-8-7-9-16(17)18/h7-12,20,23H,3-6,13-15H2,1-2H3/t20-/m0/s1. The molecule has 2 aromatic rings. The topological polar surface area (TPSA) is 23.5 Å². The van der Waals surface area contributed by atoms with Crippen molar-refractivity contribution in [2.75, 3.05) is 19.6 Å². The molecule has 0 aliphatic heterocycles. The molecule has 0 unspecified atom stereocenters. The van der Waals surface area contributed by atoms with Gasteiger partial charge in [0, 0.05) is 11.0 Å². The van der Waals surface area contributed by atoms with Crippen molar-refractivity contribution in [3.8, 4) is 0 Å². The van der Waals surface area contributed by atoms with Crippen LogP contribution in [0.5, 0.6) is 0 Å². The van der Waals surface area contributed by atoms with Gasteiger partial charge in [0.15, 0.2) is 0 Å². The average Bonchev–Trinajstić information content (AvgIpc) is 2.57. The zero-order valence-electron chi connectivity index (χ0n) is 14.3. The average molecular weight is 378 g/mol. The highest BCUT2D eigenvalue weighted by Gasteiger charge is 2.16. The molecule has 1 atom stereocenters. The third kappa shape index (κ3) is 5.03. The lowest BCUT2D eigenvalue weighted by Crippen LogP contribution is -2.30. The molecule has 0 aliphatic rings. The Hall–Kier alpha value is -0.900. The molecule has 0 bridgehead atoms. The second-order valence-electron chi connectivity index (χ2n) is 6.21.